The number of sulfonamides is 1. The van der Waals surface area contributed by atoms with E-state index in [0.29, 0.717) is 0 Å². The average molecular weight is 355 g/mol. The molecular formula is C15H15F2N3O3S. The minimum absolute atomic E-state index is 0.0164. The molecule has 3 N–H and O–H groups in total. The summed E-state index contributed by atoms with van der Waals surface area (Å²) in [7, 11) is -3.86. The molecule has 0 aliphatic carbocycles. The van der Waals surface area contributed by atoms with Crippen LogP contribution in [0.1, 0.15) is 15.9 Å². The molecule has 0 saturated heterocycles. The first-order valence-electron chi connectivity index (χ1n) is 6.75. The highest BCUT2D eigenvalue weighted by atomic mass is 32.2. The smallest absolute Gasteiger partial charge is 0.265 e. The van der Waals surface area contributed by atoms with Gasteiger partial charge in [-0.1, -0.05) is 18.2 Å². The van der Waals surface area contributed by atoms with E-state index in [1.54, 1.807) is 0 Å². The van der Waals surface area contributed by atoms with Crippen LogP contribution in [0, 0.1) is 11.6 Å². The van der Waals surface area contributed by atoms with Gasteiger partial charge in [0.2, 0.25) is 10.0 Å². The second-order valence-electron chi connectivity index (χ2n) is 5.00. The summed E-state index contributed by atoms with van der Waals surface area (Å²) in [4.78, 5) is 11.4. The third-order valence-corrected chi connectivity index (χ3v) is 4.41. The van der Waals surface area contributed by atoms with Crippen LogP contribution in [0.15, 0.2) is 42.5 Å². The Balaban J connectivity index is 2.42. The lowest BCUT2D eigenvalue weighted by Gasteiger charge is -2.23. The zero-order valence-electron chi connectivity index (χ0n) is 12.7. The molecule has 2 aromatic rings. The van der Waals surface area contributed by atoms with E-state index in [1.165, 1.54) is 30.3 Å². The lowest BCUT2D eigenvalue weighted by Crippen LogP contribution is -2.31. The number of nitrogens with one attached hydrogen (secondary N) is 1. The standard InChI is InChI=1S/C15H15F2N3O3S/c1-24(22,23)20(14-5-3-2-4-12(14)16)9-11-7-6-10(8-13(11)17)15(21)19-18/h2-8H,9,18H2,1H3,(H,19,21). The third kappa shape index (κ3) is 3.87. The van der Waals surface area contributed by atoms with Gasteiger partial charge in [-0.3, -0.25) is 14.5 Å². The molecule has 128 valence electrons. The lowest BCUT2D eigenvalue weighted by atomic mass is 10.1. The van der Waals surface area contributed by atoms with E-state index in [1.807, 2.05) is 5.43 Å². The number of nitrogen functional groups attached to an aromatic ring is 1. The molecular weight excluding hydrogens is 340 g/mol. The van der Waals surface area contributed by atoms with Crippen molar-refractivity contribution in [2.24, 2.45) is 5.84 Å². The maximum atomic E-state index is 14.2. The Morgan fingerprint density at radius 3 is 2.38 bits per heavy atom. The normalized spacial score (nSPS) is 11.2. The number of anilines is 1. The van der Waals surface area contributed by atoms with Gasteiger partial charge in [0, 0.05) is 11.1 Å². The Morgan fingerprint density at radius 2 is 1.83 bits per heavy atom. The molecule has 0 fully saturated rings. The van der Waals surface area contributed by atoms with Crippen LogP contribution in [0.5, 0.6) is 0 Å². The molecule has 0 atom stereocenters. The molecule has 0 aliphatic heterocycles. The van der Waals surface area contributed by atoms with Gasteiger partial charge in [0.15, 0.2) is 0 Å². The molecule has 2 aromatic carbocycles. The zero-order chi connectivity index (χ0) is 17.9. The van der Waals surface area contributed by atoms with Gasteiger partial charge in [0.25, 0.3) is 5.91 Å². The maximum absolute atomic E-state index is 14.2. The topological polar surface area (TPSA) is 92.5 Å². The van der Waals surface area contributed by atoms with E-state index >= 15 is 0 Å². The Hall–Kier alpha value is -2.52. The number of benzene rings is 2. The number of rotatable bonds is 5. The van der Waals surface area contributed by atoms with Crippen molar-refractivity contribution in [2.45, 2.75) is 6.54 Å². The van der Waals surface area contributed by atoms with Crippen molar-refractivity contribution in [2.75, 3.05) is 10.6 Å². The predicted molar refractivity (Wildman–Crippen MR) is 85.5 cm³/mol. The molecule has 0 spiro atoms. The van der Waals surface area contributed by atoms with Crippen molar-refractivity contribution < 1.29 is 22.0 Å². The number of hydrogen-bond acceptors (Lipinski definition) is 4. The molecule has 0 heterocycles. The fraction of sp³-hybridized carbons (Fsp3) is 0.133. The van der Waals surface area contributed by atoms with Crippen LogP contribution in [-0.2, 0) is 16.6 Å². The Bertz CT molecular complexity index is 872. The Kier molecular flexibility index (Phi) is 5.15. The molecule has 6 nitrogen and oxygen atoms in total. The summed E-state index contributed by atoms with van der Waals surface area (Å²) in [6.07, 6.45) is 0.896. The minimum Gasteiger partial charge on any atom is -0.290 e. The molecule has 0 radical (unpaired) electrons. The summed E-state index contributed by atoms with van der Waals surface area (Å²) in [5.74, 6) is 2.73. The second kappa shape index (κ2) is 6.93. The first kappa shape index (κ1) is 17.8. The fourth-order valence-corrected chi connectivity index (χ4v) is 2.97. The van der Waals surface area contributed by atoms with Gasteiger partial charge < -0.3 is 0 Å². The van der Waals surface area contributed by atoms with Gasteiger partial charge >= 0.3 is 0 Å². The van der Waals surface area contributed by atoms with E-state index < -0.39 is 34.1 Å². The van der Waals surface area contributed by atoms with Crippen LogP contribution in [0.3, 0.4) is 0 Å². The van der Waals surface area contributed by atoms with Gasteiger partial charge in [-0.05, 0) is 24.3 Å². The van der Waals surface area contributed by atoms with Gasteiger partial charge in [0.1, 0.15) is 11.6 Å². The number of amides is 1. The number of carbonyl (C=O) groups is 1. The first-order valence-corrected chi connectivity index (χ1v) is 8.60. The number of hydrogen-bond donors (Lipinski definition) is 2. The van der Waals surface area contributed by atoms with E-state index in [-0.39, 0.29) is 16.8 Å². The number of carbonyl (C=O) groups excluding carboxylic acids is 1. The van der Waals surface area contributed by atoms with Crippen molar-refractivity contribution in [3.8, 4) is 0 Å². The molecule has 0 bridgehead atoms. The van der Waals surface area contributed by atoms with Crippen molar-refractivity contribution in [1.29, 1.82) is 0 Å². The van der Waals surface area contributed by atoms with Crippen molar-refractivity contribution in [1.82, 2.24) is 5.43 Å². The van der Waals surface area contributed by atoms with E-state index in [9.17, 15) is 22.0 Å². The number of hydrazine groups is 1. The van der Waals surface area contributed by atoms with Crippen LogP contribution < -0.4 is 15.6 Å². The monoisotopic (exact) mass is 355 g/mol. The fourth-order valence-electron chi connectivity index (χ4n) is 2.09. The largest absolute Gasteiger partial charge is 0.290 e. The highest BCUT2D eigenvalue weighted by Gasteiger charge is 2.22. The highest BCUT2D eigenvalue weighted by Crippen LogP contribution is 2.24. The van der Waals surface area contributed by atoms with Gasteiger partial charge in [0.05, 0.1) is 18.5 Å². The summed E-state index contributed by atoms with van der Waals surface area (Å²) in [6, 6.07) is 8.76. The van der Waals surface area contributed by atoms with E-state index in [2.05, 4.69) is 0 Å². The van der Waals surface area contributed by atoms with E-state index in [4.69, 9.17) is 5.84 Å². The second-order valence-corrected chi connectivity index (χ2v) is 6.91. The molecule has 0 aromatic heterocycles. The molecule has 1 amide bonds. The lowest BCUT2D eigenvalue weighted by molar-refractivity contribution is 0.0953. The molecule has 0 saturated carbocycles. The summed E-state index contributed by atoms with van der Waals surface area (Å²) in [5.41, 5.74) is 1.64. The van der Waals surface area contributed by atoms with Crippen LogP contribution in [-0.4, -0.2) is 20.6 Å². The summed E-state index contributed by atoms with van der Waals surface area (Å²) < 4.78 is 52.8. The minimum atomic E-state index is -3.86. The van der Waals surface area contributed by atoms with Gasteiger partial charge in [-0.25, -0.2) is 23.0 Å². The van der Waals surface area contributed by atoms with Crippen LogP contribution in [0.2, 0.25) is 0 Å². The summed E-state index contributed by atoms with van der Waals surface area (Å²) in [6.45, 7) is -0.421. The van der Waals surface area contributed by atoms with Crippen molar-refractivity contribution in [3.63, 3.8) is 0 Å². The van der Waals surface area contributed by atoms with Crippen LogP contribution >= 0.6 is 0 Å². The van der Waals surface area contributed by atoms with Crippen molar-refractivity contribution in [3.05, 3.63) is 65.2 Å². The van der Waals surface area contributed by atoms with Gasteiger partial charge in [-0.2, -0.15) is 0 Å². The number of para-hydroxylation sites is 1. The zero-order valence-corrected chi connectivity index (χ0v) is 13.5. The van der Waals surface area contributed by atoms with Crippen LogP contribution in [0.4, 0.5) is 14.5 Å². The Labute approximate surface area is 137 Å². The molecule has 2 rings (SSSR count). The van der Waals surface area contributed by atoms with E-state index in [0.717, 1.165) is 22.7 Å². The highest BCUT2D eigenvalue weighted by molar-refractivity contribution is 7.92. The SMILES string of the molecule is CS(=O)(=O)N(Cc1ccc(C(=O)NN)cc1F)c1ccccc1F. The quantitative estimate of drug-likeness (QED) is 0.483. The summed E-state index contributed by atoms with van der Waals surface area (Å²) in [5, 5.41) is 0. The number of nitrogens with two attached hydrogens (primary N) is 1. The average Bonchev–Trinajstić information content (AvgIpc) is 2.52. The predicted octanol–water partition coefficient (Wildman–Crippen LogP) is 1.53. The molecule has 0 aliphatic rings. The van der Waals surface area contributed by atoms with Crippen molar-refractivity contribution >= 4 is 21.6 Å². The maximum Gasteiger partial charge on any atom is 0.265 e. The van der Waals surface area contributed by atoms with Crippen LogP contribution in [0.25, 0.3) is 0 Å². The molecule has 9 heteroatoms. The Morgan fingerprint density at radius 1 is 1.17 bits per heavy atom. The van der Waals surface area contributed by atoms with Gasteiger partial charge in [-0.15, -0.1) is 0 Å². The first-order chi connectivity index (χ1) is 11.2. The summed E-state index contributed by atoms with van der Waals surface area (Å²) >= 11 is 0. The number of halogens is 2. The molecule has 0 unspecified atom stereocenters. The molecule has 24 heavy (non-hydrogen) atoms. The number of nitrogens with zero attached hydrogens (tertiary/aromatic N) is 1. The third-order valence-electron chi connectivity index (χ3n) is 3.28.